The summed E-state index contributed by atoms with van der Waals surface area (Å²) in [5, 5.41) is 12.4. The van der Waals surface area contributed by atoms with Crippen molar-refractivity contribution in [1.82, 2.24) is 4.90 Å². The van der Waals surface area contributed by atoms with Crippen molar-refractivity contribution in [3.8, 4) is 0 Å². The van der Waals surface area contributed by atoms with Crippen molar-refractivity contribution < 1.29 is 9.90 Å². The lowest BCUT2D eigenvalue weighted by Gasteiger charge is -2.29. The van der Waals surface area contributed by atoms with Gasteiger partial charge in [0, 0.05) is 23.8 Å². The van der Waals surface area contributed by atoms with Crippen molar-refractivity contribution in [2.24, 2.45) is 5.41 Å². The number of anilines is 1. The molecular formula is C14H21ClN2O2. The van der Waals surface area contributed by atoms with Crippen LogP contribution in [0.1, 0.15) is 20.8 Å². The molecule has 0 atom stereocenters. The number of amides is 2. The summed E-state index contributed by atoms with van der Waals surface area (Å²) in [6.07, 6.45) is 0. The van der Waals surface area contributed by atoms with Gasteiger partial charge in [0.1, 0.15) is 0 Å². The van der Waals surface area contributed by atoms with Crippen LogP contribution in [0.15, 0.2) is 24.3 Å². The van der Waals surface area contributed by atoms with Crippen LogP contribution in [0, 0.1) is 5.41 Å². The minimum atomic E-state index is -0.230. The van der Waals surface area contributed by atoms with Gasteiger partial charge in [-0.1, -0.05) is 38.4 Å². The van der Waals surface area contributed by atoms with E-state index >= 15 is 0 Å². The molecule has 0 spiro atoms. The second kappa shape index (κ2) is 6.78. The Balaban J connectivity index is 2.71. The average Bonchev–Trinajstić information content (AvgIpc) is 2.26. The number of benzene rings is 1. The lowest BCUT2D eigenvalue weighted by Crippen LogP contribution is -2.42. The number of carbonyl (C=O) groups is 1. The molecule has 4 nitrogen and oxygen atoms in total. The first-order chi connectivity index (χ1) is 8.81. The maximum Gasteiger partial charge on any atom is 0.321 e. The van der Waals surface area contributed by atoms with Gasteiger partial charge < -0.3 is 15.3 Å². The Morgan fingerprint density at radius 3 is 2.63 bits per heavy atom. The van der Waals surface area contributed by atoms with Gasteiger partial charge >= 0.3 is 6.03 Å². The fourth-order valence-corrected chi connectivity index (χ4v) is 1.90. The van der Waals surface area contributed by atoms with Crippen LogP contribution in [-0.4, -0.2) is 35.7 Å². The number of nitrogens with one attached hydrogen (secondary N) is 1. The fraction of sp³-hybridized carbons (Fsp3) is 0.500. The zero-order chi connectivity index (χ0) is 14.5. The number of rotatable bonds is 4. The molecule has 0 saturated heterocycles. The number of halogens is 1. The van der Waals surface area contributed by atoms with Gasteiger partial charge in [0.15, 0.2) is 0 Å². The molecular weight excluding hydrogens is 264 g/mol. The lowest BCUT2D eigenvalue weighted by molar-refractivity contribution is 0.162. The Morgan fingerprint density at radius 2 is 2.11 bits per heavy atom. The topological polar surface area (TPSA) is 52.6 Å². The van der Waals surface area contributed by atoms with Gasteiger partial charge in [0.05, 0.1) is 6.61 Å². The predicted octanol–water partition coefficient (Wildman–Crippen LogP) is 3.21. The van der Waals surface area contributed by atoms with Crippen LogP contribution in [0.4, 0.5) is 10.5 Å². The molecule has 0 aliphatic carbocycles. The molecule has 106 valence electrons. The van der Waals surface area contributed by atoms with Crippen LogP contribution in [0.5, 0.6) is 0 Å². The molecule has 0 unspecified atom stereocenters. The van der Waals surface area contributed by atoms with Gasteiger partial charge in [-0.2, -0.15) is 0 Å². The van der Waals surface area contributed by atoms with Crippen LogP contribution in [0.25, 0.3) is 0 Å². The summed E-state index contributed by atoms with van der Waals surface area (Å²) in [7, 11) is 0. The Kier molecular flexibility index (Phi) is 5.63. The van der Waals surface area contributed by atoms with E-state index in [0.717, 1.165) is 0 Å². The summed E-state index contributed by atoms with van der Waals surface area (Å²) < 4.78 is 0. The molecule has 1 aromatic carbocycles. The summed E-state index contributed by atoms with van der Waals surface area (Å²) in [4.78, 5) is 13.8. The summed E-state index contributed by atoms with van der Waals surface area (Å²) in [6, 6.07) is 6.76. The Bertz CT molecular complexity index is 430. The molecule has 0 radical (unpaired) electrons. The monoisotopic (exact) mass is 284 g/mol. The zero-order valence-electron chi connectivity index (χ0n) is 11.6. The Labute approximate surface area is 119 Å². The number of nitrogens with zero attached hydrogens (tertiary/aromatic N) is 1. The molecule has 5 heteroatoms. The van der Waals surface area contributed by atoms with E-state index in [1.165, 1.54) is 0 Å². The highest BCUT2D eigenvalue weighted by Crippen LogP contribution is 2.18. The molecule has 0 aromatic heterocycles. The molecule has 1 aromatic rings. The van der Waals surface area contributed by atoms with Gasteiger partial charge in [0.2, 0.25) is 0 Å². The van der Waals surface area contributed by atoms with Crippen molar-refractivity contribution in [3.63, 3.8) is 0 Å². The standard InChI is InChI=1S/C14H21ClN2O2/c1-14(2,3)10-17(7-8-18)13(19)16-12-6-4-5-11(15)9-12/h4-6,9,18H,7-8,10H2,1-3H3,(H,16,19). The zero-order valence-corrected chi connectivity index (χ0v) is 12.4. The minimum absolute atomic E-state index is 0.0269. The molecule has 0 bridgehead atoms. The fourth-order valence-electron chi connectivity index (χ4n) is 1.71. The van der Waals surface area contributed by atoms with Crippen LogP contribution in [0.3, 0.4) is 0 Å². The summed E-state index contributed by atoms with van der Waals surface area (Å²) in [5.41, 5.74) is 0.621. The smallest absolute Gasteiger partial charge is 0.321 e. The van der Waals surface area contributed by atoms with Crippen LogP contribution in [-0.2, 0) is 0 Å². The largest absolute Gasteiger partial charge is 0.395 e. The number of carbonyl (C=O) groups excluding carboxylic acids is 1. The third-order valence-corrected chi connectivity index (χ3v) is 2.63. The maximum atomic E-state index is 12.2. The van der Waals surface area contributed by atoms with Crippen LogP contribution >= 0.6 is 11.6 Å². The number of hydrogen-bond acceptors (Lipinski definition) is 2. The predicted molar refractivity (Wildman–Crippen MR) is 78.6 cm³/mol. The van der Waals surface area contributed by atoms with E-state index in [9.17, 15) is 4.79 Å². The van der Waals surface area contributed by atoms with E-state index in [-0.39, 0.29) is 18.1 Å². The second-order valence-electron chi connectivity index (χ2n) is 5.65. The highest BCUT2D eigenvalue weighted by atomic mass is 35.5. The third kappa shape index (κ3) is 5.94. The molecule has 0 fully saturated rings. The van der Waals surface area contributed by atoms with E-state index in [1.54, 1.807) is 29.2 Å². The normalized spacial score (nSPS) is 11.2. The van der Waals surface area contributed by atoms with E-state index < -0.39 is 0 Å². The first-order valence-corrected chi connectivity index (χ1v) is 6.62. The van der Waals surface area contributed by atoms with Gasteiger partial charge in [-0.3, -0.25) is 0 Å². The van der Waals surface area contributed by atoms with E-state index in [2.05, 4.69) is 5.32 Å². The number of hydrogen-bond donors (Lipinski definition) is 2. The quantitative estimate of drug-likeness (QED) is 0.892. The van der Waals surface area contributed by atoms with Gasteiger partial charge in [-0.25, -0.2) is 4.79 Å². The van der Waals surface area contributed by atoms with Crippen LogP contribution in [0.2, 0.25) is 5.02 Å². The van der Waals surface area contributed by atoms with Gasteiger partial charge in [-0.05, 0) is 23.6 Å². The van der Waals surface area contributed by atoms with Crippen molar-refractivity contribution in [2.75, 3.05) is 25.0 Å². The van der Waals surface area contributed by atoms with Crippen molar-refractivity contribution in [3.05, 3.63) is 29.3 Å². The SMILES string of the molecule is CC(C)(C)CN(CCO)C(=O)Nc1cccc(Cl)c1. The van der Waals surface area contributed by atoms with Crippen molar-refractivity contribution >= 4 is 23.3 Å². The maximum absolute atomic E-state index is 12.2. The first-order valence-electron chi connectivity index (χ1n) is 6.24. The molecule has 2 N–H and O–H groups in total. The van der Waals surface area contributed by atoms with E-state index in [4.69, 9.17) is 16.7 Å². The van der Waals surface area contributed by atoms with Crippen molar-refractivity contribution in [1.29, 1.82) is 0 Å². The highest BCUT2D eigenvalue weighted by molar-refractivity contribution is 6.30. The summed E-state index contributed by atoms with van der Waals surface area (Å²) >= 11 is 5.87. The Hall–Kier alpha value is -1.26. The third-order valence-electron chi connectivity index (χ3n) is 2.40. The molecule has 0 aliphatic heterocycles. The summed E-state index contributed by atoms with van der Waals surface area (Å²) in [5.74, 6) is 0. The van der Waals surface area contributed by atoms with Crippen LogP contribution < -0.4 is 5.32 Å². The molecule has 0 aliphatic rings. The second-order valence-corrected chi connectivity index (χ2v) is 6.08. The summed E-state index contributed by atoms with van der Waals surface area (Å²) in [6.45, 7) is 6.96. The Morgan fingerprint density at radius 1 is 1.42 bits per heavy atom. The van der Waals surface area contributed by atoms with Gasteiger partial charge in [0.25, 0.3) is 0 Å². The first kappa shape index (κ1) is 15.8. The molecule has 1 rings (SSSR count). The van der Waals surface area contributed by atoms with Crippen molar-refractivity contribution in [2.45, 2.75) is 20.8 Å². The molecule has 19 heavy (non-hydrogen) atoms. The minimum Gasteiger partial charge on any atom is -0.395 e. The molecule has 0 heterocycles. The van der Waals surface area contributed by atoms with E-state index in [1.807, 2.05) is 20.8 Å². The lowest BCUT2D eigenvalue weighted by atomic mass is 9.96. The molecule has 2 amide bonds. The number of urea groups is 1. The number of aliphatic hydroxyl groups is 1. The molecule has 0 saturated carbocycles. The number of aliphatic hydroxyl groups excluding tert-OH is 1. The highest BCUT2D eigenvalue weighted by Gasteiger charge is 2.20. The average molecular weight is 285 g/mol. The van der Waals surface area contributed by atoms with E-state index in [0.29, 0.717) is 23.8 Å². The van der Waals surface area contributed by atoms with Gasteiger partial charge in [-0.15, -0.1) is 0 Å².